The number of aliphatic imine (C=N–C) groups is 1. The highest BCUT2D eigenvalue weighted by Gasteiger charge is 2.27. The number of carboxylic acids is 1. The number of nitrogens with two attached hydrogens (primary N) is 1. The number of aliphatic hydroxyl groups is 1. The van der Waals surface area contributed by atoms with E-state index in [0.29, 0.717) is 52.9 Å². The monoisotopic (exact) mass is 607 g/mol. The number of fused-ring (bicyclic) bond motifs is 3. The number of carbonyl (C=O) groups is 3. The number of carbonyl (C=O) groups excluding carboxylic acids is 2. The molecule has 2 heterocycles. The molecule has 1 aliphatic rings. The molecule has 1 aromatic heterocycles. The molecule has 12 heteroatoms. The normalized spacial score (nSPS) is 13.6. The first-order valence-electron chi connectivity index (χ1n) is 14.1. The van der Waals surface area contributed by atoms with E-state index in [2.05, 4.69) is 15.3 Å². The summed E-state index contributed by atoms with van der Waals surface area (Å²) in [5, 5.41) is 22.3. The number of aromatic amines is 1. The van der Waals surface area contributed by atoms with Crippen molar-refractivity contribution in [2.45, 2.75) is 70.8 Å². The molecule has 0 saturated carbocycles. The van der Waals surface area contributed by atoms with Gasteiger partial charge < -0.3 is 31.1 Å². The number of aliphatic carboxylic acids is 1. The Hall–Kier alpha value is -3.08. The largest absolute Gasteiger partial charge is 0.481 e. The van der Waals surface area contributed by atoms with Gasteiger partial charge in [-0.25, -0.2) is 0 Å². The third-order valence-electron chi connectivity index (χ3n) is 7.18. The molecule has 0 spiro atoms. The lowest BCUT2D eigenvalue weighted by Crippen LogP contribution is -2.37. The summed E-state index contributed by atoms with van der Waals surface area (Å²) >= 11 is 12.9. The summed E-state index contributed by atoms with van der Waals surface area (Å²) in [5.41, 5.74) is 9.89. The standard InChI is InChI=1S/C29H39Cl2N5O5/c30-21-15-19(27-20-17-36(25(39)18-37)14-11-23(20)35-29(27)28(21)31)22(32)10-13-33-16-24(38)34-12-8-6-4-2-1-3-5-7-9-26(40)41/h10,13,15,35,37H,1-9,11-12,14,16-18,32H2,(H,34,38)(H,40,41)/b22-10-,33-13?. The Balaban J connectivity index is 1.48. The quantitative estimate of drug-likeness (QED) is 0.140. The van der Waals surface area contributed by atoms with Gasteiger partial charge in [0, 0.05) is 66.6 Å². The van der Waals surface area contributed by atoms with Crippen molar-refractivity contribution in [3.8, 4) is 0 Å². The van der Waals surface area contributed by atoms with Crippen LogP contribution in [0.15, 0.2) is 17.1 Å². The first-order valence-corrected chi connectivity index (χ1v) is 14.8. The number of unbranched alkanes of at least 4 members (excludes halogenated alkanes) is 7. The highest BCUT2D eigenvalue weighted by Crippen LogP contribution is 2.39. The van der Waals surface area contributed by atoms with Crippen LogP contribution in [0.1, 0.15) is 74.6 Å². The first-order chi connectivity index (χ1) is 19.7. The number of nitrogens with zero attached hydrogens (tertiary/aromatic N) is 2. The highest BCUT2D eigenvalue weighted by molar-refractivity contribution is 6.45. The minimum atomic E-state index is -0.731. The Morgan fingerprint density at radius 3 is 2.46 bits per heavy atom. The summed E-state index contributed by atoms with van der Waals surface area (Å²) in [7, 11) is 0. The smallest absolute Gasteiger partial charge is 0.303 e. The third-order valence-corrected chi connectivity index (χ3v) is 7.96. The number of carboxylic acid groups (broad SMARTS) is 1. The van der Waals surface area contributed by atoms with Crippen molar-refractivity contribution >= 4 is 63.8 Å². The van der Waals surface area contributed by atoms with Crippen LogP contribution in [0.2, 0.25) is 10.0 Å². The van der Waals surface area contributed by atoms with Gasteiger partial charge in [0.2, 0.25) is 11.8 Å². The van der Waals surface area contributed by atoms with Crippen molar-refractivity contribution in [3.63, 3.8) is 0 Å². The topological polar surface area (TPSA) is 161 Å². The van der Waals surface area contributed by atoms with Crippen molar-refractivity contribution in [1.82, 2.24) is 15.2 Å². The minimum Gasteiger partial charge on any atom is -0.481 e. The van der Waals surface area contributed by atoms with Crippen molar-refractivity contribution in [2.75, 3.05) is 26.2 Å². The van der Waals surface area contributed by atoms with Gasteiger partial charge in [0.05, 0.1) is 15.6 Å². The van der Waals surface area contributed by atoms with E-state index in [-0.39, 0.29) is 24.8 Å². The number of aromatic nitrogens is 1. The van der Waals surface area contributed by atoms with Crippen LogP contribution in [0.3, 0.4) is 0 Å². The maximum absolute atomic E-state index is 12.1. The molecule has 1 aromatic carbocycles. The first kappa shape index (κ1) is 32.4. The van der Waals surface area contributed by atoms with E-state index in [9.17, 15) is 19.5 Å². The molecule has 0 aliphatic carbocycles. The van der Waals surface area contributed by atoms with Crippen LogP contribution in [0.5, 0.6) is 0 Å². The summed E-state index contributed by atoms with van der Waals surface area (Å²) in [6, 6.07) is 1.68. The number of amides is 2. The molecule has 0 fully saturated rings. The van der Waals surface area contributed by atoms with Gasteiger partial charge in [-0.15, -0.1) is 0 Å². The molecule has 41 heavy (non-hydrogen) atoms. The number of H-pyrrole nitrogens is 1. The number of hydrogen-bond donors (Lipinski definition) is 5. The number of nitrogens with one attached hydrogen (secondary N) is 2. The molecule has 2 aromatic rings. The fraction of sp³-hybridized carbons (Fsp3) is 0.517. The van der Waals surface area contributed by atoms with Gasteiger partial charge in [0.25, 0.3) is 0 Å². The van der Waals surface area contributed by atoms with Crippen LogP contribution in [0, 0.1) is 0 Å². The number of allylic oxidation sites excluding steroid dienone is 1. The summed E-state index contributed by atoms with van der Waals surface area (Å²) in [4.78, 5) is 43.8. The van der Waals surface area contributed by atoms with Gasteiger partial charge >= 0.3 is 5.97 Å². The van der Waals surface area contributed by atoms with E-state index >= 15 is 0 Å². The van der Waals surface area contributed by atoms with E-state index in [0.717, 1.165) is 68.0 Å². The predicted octanol–water partition coefficient (Wildman–Crippen LogP) is 4.43. The summed E-state index contributed by atoms with van der Waals surface area (Å²) in [6.45, 7) is 0.824. The number of aliphatic hydroxyl groups excluding tert-OH is 1. The molecule has 0 atom stereocenters. The summed E-state index contributed by atoms with van der Waals surface area (Å²) in [5.74, 6) is -1.25. The van der Waals surface area contributed by atoms with Crippen molar-refractivity contribution in [2.24, 2.45) is 10.7 Å². The van der Waals surface area contributed by atoms with Crippen LogP contribution in [-0.4, -0.2) is 70.3 Å². The molecular formula is C29H39Cl2N5O5. The molecule has 0 radical (unpaired) electrons. The van der Waals surface area contributed by atoms with Gasteiger partial charge in [-0.05, 0) is 25.0 Å². The zero-order chi connectivity index (χ0) is 29.8. The number of benzene rings is 1. The van der Waals surface area contributed by atoms with Crippen molar-refractivity contribution in [3.05, 3.63) is 39.0 Å². The molecular weight excluding hydrogens is 569 g/mol. The molecule has 2 amide bonds. The lowest BCUT2D eigenvalue weighted by Gasteiger charge is -2.27. The maximum Gasteiger partial charge on any atom is 0.303 e. The van der Waals surface area contributed by atoms with E-state index in [1.165, 1.54) is 6.21 Å². The molecule has 3 rings (SSSR count). The van der Waals surface area contributed by atoms with Gasteiger partial charge in [-0.3, -0.25) is 19.4 Å². The Labute approximate surface area is 250 Å². The van der Waals surface area contributed by atoms with Gasteiger partial charge in [-0.2, -0.15) is 0 Å². The zero-order valence-corrected chi connectivity index (χ0v) is 24.7. The van der Waals surface area contributed by atoms with Crippen molar-refractivity contribution in [1.29, 1.82) is 0 Å². The lowest BCUT2D eigenvalue weighted by molar-refractivity contribution is -0.137. The zero-order valence-electron chi connectivity index (χ0n) is 23.2. The van der Waals surface area contributed by atoms with Gasteiger partial charge in [0.15, 0.2) is 0 Å². The van der Waals surface area contributed by atoms with E-state index in [1.54, 1.807) is 17.0 Å². The van der Waals surface area contributed by atoms with Crippen molar-refractivity contribution < 1.29 is 24.6 Å². The maximum atomic E-state index is 12.1. The lowest BCUT2D eigenvalue weighted by atomic mass is 9.99. The van der Waals surface area contributed by atoms with Gasteiger partial charge in [-0.1, -0.05) is 61.7 Å². The SMILES string of the molecule is N/C(=C\C=NCC(=O)NCCCCCCCCCCC(=O)O)c1cc(Cl)c(Cl)c2[nH]c3c(c12)CN(C(=O)CO)CC3. The predicted molar refractivity (Wildman–Crippen MR) is 162 cm³/mol. The number of hydrogen-bond acceptors (Lipinski definition) is 6. The molecule has 0 unspecified atom stereocenters. The summed E-state index contributed by atoms with van der Waals surface area (Å²) < 4.78 is 0. The molecule has 6 N–H and O–H groups in total. The fourth-order valence-corrected chi connectivity index (χ4v) is 5.38. The Bertz CT molecular complexity index is 1290. The number of rotatable bonds is 16. The van der Waals surface area contributed by atoms with Crippen LogP contribution in [-0.2, 0) is 27.3 Å². The molecule has 1 aliphatic heterocycles. The molecule has 0 saturated heterocycles. The fourth-order valence-electron chi connectivity index (χ4n) is 4.98. The minimum absolute atomic E-state index is 0.0192. The Morgan fingerprint density at radius 1 is 1.10 bits per heavy atom. The van der Waals surface area contributed by atoms with Crippen LogP contribution >= 0.6 is 23.2 Å². The van der Waals surface area contributed by atoms with Crippen LogP contribution in [0.25, 0.3) is 16.6 Å². The van der Waals surface area contributed by atoms with Crippen LogP contribution < -0.4 is 11.1 Å². The highest BCUT2D eigenvalue weighted by atomic mass is 35.5. The number of halogens is 2. The Morgan fingerprint density at radius 2 is 1.78 bits per heavy atom. The average Bonchev–Trinajstić information content (AvgIpc) is 3.34. The van der Waals surface area contributed by atoms with E-state index < -0.39 is 12.6 Å². The van der Waals surface area contributed by atoms with E-state index in [1.807, 2.05) is 0 Å². The molecule has 224 valence electrons. The Kier molecular flexibility index (Phi) is 13.0. The molecule has 10 nitrogen and oxygen atoms in total. The third kappa shape index (κ3) is 9.48. The second-order valence-corrected chi connectivity index (χ2v) is 11.0. The van der Waals surface area contributed by atoms with Crippen LogP contribution in [0.4, 0.5) is 0 Å². The summed E-state index contributed by atoms with van der Waals surface area (Å²) in [6.07, 6.45) is 12.0. The van der Waals surface area contributed by atoms with E-state index in [4.69, 9.17) is 34.0 Å². The average molecular weight is 609 g/mol. The second-order valence-electron chi connectivity index (χ2n) is 10.2. The second kappa shape index (κ2) is 16.4. The van der Waals surface area contributed by atoms with Gasteiger partial charge in [0.1, 0.15) is 13.2 Å². The molecule has 0 bridgehead atoms.